The quantitative estimate of drug-likeness (QED) is 0.0228. The summed E-state index contributed by atoms with van der Waals surface area (Å²) in [6, 6.07) is 0. The summed E-state index contributed by atoms with van der Waals surface area (Å²) in [6.45, 7) is 5.93. The number of allylic oxidation sites excluding steroid dienone is 8. The molecule has 0 radical (unpaired) electrons. The average molecular weight is 1140 g/mol. The zero-order valence-electron chi connectivity index (χ0n) is 52.0. The Morgan fingerprint density at radius 2 is 0.778 bits per heavy atom. The molecular weight excluding hydrogens is 1020 g/mol. The van der Waals surface area contributed by atoms with E-state index < -0.39 is 67.3 Å². The molecule has 0 amide bonds. The van der Waals surface area contributed by atoms with E-state index in [1.54, 1.807) is 0 Å². The second-order valence-electron chi connectivity index (χ2n) is 23.1. The van der Waals surface area contributed by atoms with E-state index in [-0.39, 0.29) is 25.9 Å². The minimum Gasteiger partial charge on any atom is -0.479 e. The minimum absolute atomic E-state index is 0.0647. The second-order valence-corrected chi connectivity index (χ2v) is 23.1. The lowest BCUT2D eigenvalue weighted by molar-refractivity contribution is -0.301. The van der Waals surface area contributed by atoms with Gasteiger partial charge in [0.15, 0.2) is 24.6 Å². The molecule has 0 aromatic rings. The Morgan fingerprint density at radius 1 is 0.420 bits per heavy atom. The van der Waals surface area contributed by atoms with Crippen molar-refractivity contribution >= 4 is 23.9 Å². The van der Waals surface area contributed by atoms with Crippen LogP contribution < -0.4 is 0 Å². The summed E-state index contributed by atoms with van der Waals surface area (Å²) >= 11 is 0. The molecule has 1 saturated heterocycles. The highest BCUT2D eigenvalue weighted by Gasteiger charge is 2.50. The van der Waals surface area contributed by atoms with Crippen molar-refractivity contribution < 1.29 is 58.2 Å². The van der Waals surface area contributed by atoms with Crippen LogP contribution in [0.2, 0.25) is 0 Å². The van der Waals surface area contributed by atoms with E-state index in [2.05, 4.69) is 69.4 Å². The maximum absolute atomic E-state index is 13.2. The maximum Gasteiger partial charge on any atom is 0.335 e. The van der Waals surface area contributed by atoms with Gasteiger partial charge in [-0.25, -0.2) is 4.79 Å². The molecule has 0 aromatic carbocycles. The molecule has 3 N–H and O–H groups in total. The van der Waals surface area contributed by atoms with E-state index in [0.29, 0.717) is 19.3 Å². The highest BCUT2D eigenvalue weighted by Crippen LogP contribution is 2.27. The molecule has 0 aromatic heterocycles. The van der Waals surface area contributed by atoms with Crippen LogP contribution in [-0.4, -0.2) is 89.2 Å². The third-order valence-corrected chi connectivity index (χ3v) is 15.4. The third-order valence-electron chi connectivity index (χ3n) is 15.4. The molecule has 12 heteroatoms. The zero-order valence-corrected chi connectivity index (χ0v) is 52.0. The minimum atomic E-state index is -1.90. The molecule has 6 unspecified atom stereocenters. The number of esters is 3. The summed E-state index contributed by atoms with van der Waals surface area (Å²) in [6.07, 6.45) is 57.8. The van der Waals surface area contributed by atoms with Crippen LogP contribution in [0, 0.1) is 0 Å². The first-order chi connectivity index (χ1) is 39.6. The summed E-state index contributed by atoms with van der Waals surface area (Å²) in [5.41, 5.74) is 0. The molecular formula is C69H122O12. The van der Waals surface area contributed by atoms with Crippen molar-refractivity contribution in [2.24, 2.45) is 0 Å². The van der Waals surface area contributed by atoms with E-state index >= 15 is 0 Å². The normalized spacial score (nSPS) is 18.0. The first kappa shape index (κ1) is 75.7. The summed E-state index contributed by atoms with van der Waals surface area (Å²) in [5.74, 6) is -3.10. The number of unbranched alkanes of at least 4 members (excludes halogenated alkanes) is 36. The number of ether oxygens (including phenoxy) is 5. The van der Waals surface area contributed by atoms with Gasteiger partial charge in [-0.2, -0.15) is 0 Å². The fraction of sp³-hybridized carbons (Fsp3) is 0.826. The van der Waals surface area contributed by atoms with E-state index in [4.69, 9.17) is 23.7 Å². The molecule has 1 rings (SSSR count). The van der Waals surface area contributed by atoms with Gasteiger partial charge in [0, 0.05) is 19.3 Å². The largest absolute Gasteiger partial charge is 0.479 e. The number of rotatable bonds is 58. The van der Waals surface area contributed by atoms with Crippen molar-refractivity contribution in [3.05, 3.63) is 48.6 Å². The van der Waals surface area contributed by atoms with Gasteiger partial charge in [-0.3, -0.25) is 14.4 Å². The summed E-state index contributed by atoms with van der Waals surface area (Å²) in [5, 5.41) is 31.6. The molecule has 1 aliphatic heterocycles. The maximum atomic E-state index is 13.2. The second kappa shape index (κ2) is 57.1. The lowest BCUT2D eigenvalue weighted by Gasteiger charge is -2.40. The first-order valence-electron chi connectivity index (χ1n) is 33.6. The van der Waals surface area contributed by atoms with Crippen molar-refractivity contribution in [1.82, 2.24) is 0 Å². The predicted molar refractivity (Wildman–Crippen MR) is 331 cm³/mol. The molecule has 0 spiro atoms. The third kappa shape index (κ3) is 46.7. The Morgan fingerprint density at radius 3 is 1.19 bits per heavy atom. The lowest BCUT2D eigenvalue weighted by atomic mass is 9.98. The van der Waals surface area contributed by atoms with Crippen molar-refractivity contribution in [3.8, 4) is 0 Å². The molecule has 0 saturated carbocycles. The van der Waals surface area contributed by atoms with Gasteiger partial charge in [-0.1, -0.05) is 288 Å². The average Bonchev–Trinajstić information content (AvgIpc) is 3.53. The Bertz CT molecular complexity index is 1590. The smallest absolute Gasteiger partial charge is 0.335 e. The highest BCUT2D eigenvalue weighted by molar-refractivity contribution is 5.74. The van der Waals surface area contributed by atoms with Crippen LogP contribution in [0.3, 0.4) is 0 Å². The molecule has 1 aliphatic rings. The number of hydrogen-bond acceptors (Lipinski definition) is 11. The zero-order chi connectivity index (χ0) is 58.9. The summed E-state index contributed by atoms with van der Waals surface area (Å²) in [4.78, 5) is 51.4. The van der Waals surface area contributed by atoms with E-state index in [1.807, 2.05) is 0 Å². The molecule has 470 valence electrons. The molecule has 12 nitrogen and oxygen atoms in total. The molecule has 0 aliphatic carbocycles. The Labute approximate surface area is 494 Å². The fourth-order valence-electron chi connectivity index (χ4n) is 10.3. The van der Waals surface area contributed by atoms with E-state index in [0.717, 1.165) is 103 Å². The topological polar surface area (TPSA) is 175 Å². The molecule has 1 fully saturated rings. The number of carboxylic acids is 1. The first-order valence-corrected chi connectivity index (χ1v) is 33.6. The standard InChI is InChI=1S/C69H122O12/c1-4-7-10-13-16-19-22-25-28-30-31-33-35-37-40-43-46-49-52-55-61(70)77-58-60(79-62(71)56-53-50-47-44-41-38-34-27-24-21-18-15-12-9-6-3)59-78-69-67(65(74)64(73)66(81-69)68(75)76)80-63(72)57-54-51-48-45-42-39-36-32-29-26-23-20-17-14-11-8-5-2/h7,10,16,19,25,28,31,33,60,64-67,69,73-74H,4-6,8-9,11-15,17-18,20-24,26-27,29-30,32,34-59H2,1-3H3,(H,75,76)/b10-7-,19-16-,28-25-,33-31-. The fourth-order valence-corrected chi connectivity index (χ4v) is 10.3. The van der Waals surface area contributed by atoms with Gasteiger partial charge >= 0.3 is 23.9 Å². The van der Waals surface area contributed by atoms with Crippen molar-refractivity contribution in [1.29, 1.82) is 0 Å². The van der Waals surface area contributed by atoms with Crippen LogP contribution in [-0.2, 0) is 42.9 Å². The van der Waals surface area contributed by atoms with Gasteiger partial charge < -0.3 is 39.0 Å². The van der Waals surface area contributed by atoms with Crippen LogP contribution in [0.15, 0.2) is 48.6 Å². The van der Waals surface area contributed by atoms with E-state index in [1.165, 1.54) is 154 Å². The van der Waals surface area contributed by atoms with Crippen LogP contribution in [0.1, 0.15) is 316 Å². The van der Waals surface area contributed by atoms with Crippen LogP contribution in [0.25, 0.3) is 0 Å². The monoisotopic (exact) mass is 1140 g/mol. The number of aliphatic hydroxyl groups excluding tert-OH is 2. The van der Waals surface area contributed by atoms with Gasteiger partial charge in [0.05, 0.1) is 6.61 Å². The van der Waals surface area contributed by atoms with Crippen LogP contribution in [0.5, 0.6) is 0 Å². The number of carbonyl (C=O) groups excluding carboxylic acids is 3. The number of carboxylic acid groups (broad SMARTS) is 1. The van der Waals surface area contributed by atoms with Gasteiger partial charge in [0.1, 0.15) is 18.8 Å². The Kier molecular flexibility index (Phi) is 53.4. The highest BCUT2D eigenvalue weighted by atomic mass is 16.7. The molecule has 81 heavy (non-hydrogen) atoms. The number of aliphatic hydroxyl groups is 2. The summed E-state index contributed by atoms with van der Waals surface area (Å²) < 4.78 is 28.6. The van der Waals surface area contributed by atoms with Gasteiger partial charge in [0.25, 0.3) is 0 Å². The van der Waals surface area contributed by atoms with Gasteiger partial charge in [-0.05, 0) is 57.8 Å². The van der Waals surface area contributed by atoms with Crippen molar-refractivity contribution in [2.75, 3.05) is 13.2 Å². The van der Waals surface area contributed by atoms with Gasteiger partial charge in [0.2, 0.25) is 0 Å². The molecule has 1 heterocycles. The van der Waals surface area contributed by atoms with E-state index in [9.17, 15) is 34.5 Å². The number of hydrogen-bond donors (Lipinski definition) is 3. The van der Waals surface area contributed by atoms with Crippen molar-refractivity contribution in [3.63, 3.8) is 0 Å². The van der Waals surface area contributed by atoms with Gasteiger partial charge in [-0.15, -0.1) is 0 Å². The SMILES string of the molecule is CC/C=C\C/C=C\C/C=C\C/C=C\CCCCCCCCC(=O)OCC(COC1OC(C(=O)O)C(O)C(O)C1OC(=O)CCCCCCCCCCCCCCCCCCC)OC(=O)CCCCCCCCCCCCCCCCC. The number of aliphatic carboxylic acids is 1. The Hall–Kier alpha value is -3.32. The lowest BCUT2D eigenvalue weighted by Crippen LogP contribution is -2.61. The van der Waals surface area contributed by atoms with Crippen molar-refractivity contribution in [2.45, 2.75) is 353 Å². The summed E-state index contributed by atoms with van der Waals surface area (Å²) in [7, 11) is 0. The molecule has 0 bridgehead atoms. The molecule has 6 atom stereocenters. The predicted octanol–water partition coefficient (Wildman–Crippen LogP) is 18.1. The van der Waals surface area contributed by atoms with Crippen LogP contribution >= 0.6 is 0 Å². The Balaban J connectivity index is 2.64. The number of carbonyl (C=O) groups is 4. The van der Waals surface area contributed by atoms with Crippen LogP contribution in [0.4, 0.5) is 0 Å².